The van der Waals surface area contributed by atoms with E-state index in [4.69, 9.17) is 4.74 Å². The summed E-state index contributed by atoms with van der Waals surface area (Å²) in [6.07, 6.45) is 1.10. The normalized spacial score (nSPS) is 12.3. The van der Waals surface area contributed by atoms with E-state index in [0.29, 0.717) is 5.69 Å². The summed E-state index contributed by atoms with van der Waals surface area (Å²) in [7, 11) is -2.00. The molecule has 0 heterocycles. The maximum Gasteiger partial charge on any atom is 0.241 e. The van der Waals surface area contributed by atoms with Gasteiger partial charge in [0, 0.05) is 0 Å². The largest absolute Gasteiger partial charge is 0.497 e. The third-order valence-electron chi connectivity index (χ3n) is 4.06. The van der Waals surface area contributed by atoms with E-state index in [1.807, 2.05) is 50.2 Å². The molecule has 2 aromatic rings. The van der Waals surface area contributed by atoms with E-state index in [1.165, 1.54) is 0 Å². The highest BCUT2D eigenvalue weighted by molar-refractivity contribution is 7.92. The second kappa shape index (κ2) is 8.23. The Labute approximate surface area is 154 Å². The third-order valence-corrected chi connectivity index (χ3v) is 5.19. The van der Waals surface area contributed by atoms with E-state index in [2.05, 4.69) is 5.32 Å². The van der Waals surface area contributed by atoms with Crippen molar-refractivity contribution in [1.29, 1.82) is 0 Å². The summed E-state index contributed by atoms with van der Waals surface area (Å²) in [4.78, 5) is 12.4. The highest BCUT2D eigenvalue weighted by Crippen LogP contribution is 2.22. The van der Waals surface area contributed by atoms with Crippen LogP contribution in [0.1, 0.15) is 24.1 Å². The average molecular weight is 376 g/mol. The highest BCUT2D eigenvalue weighted by Gasteiger charge is 2.23. The summed E-state index contributed by atoms with van der Waals surface area (Å²) in [5, 5.41) is 2.84. The van der Waals surface area contributed by atoms with Crippen LogP contribution in [0.5, 0.6) is 5.75 Å². The van der Waals surface area contributed by atoms with Crippen LogP contribution >= 0.6 is 0 Å². The van der Waals surface area contributed by atoms with Crippen LogP contribution in [0, 0.1) is 6.92 Å². The van der Waals surface area contributed by atoms with Gasteiger partial charge in [0.25, 0.3) is 0 Å². The van der Waals surface area contributed by atoms with Gasteiger partial charge in [-0.05, 0) is 43.2 Å². The molecule has 7 heteroatoms. The van der Waals surface area contributed by atoms with Crippen molar-refractivity contribution < 1.29 is 17.9 Å². The molecule has 2 aromatic carbocycles. The zero-order chi connectivity index (χ0) is 19.3. The first-order valence-electron chi connectivity index (χ1n) is 8.19. The lowest BCUT2D eigenvalue weighted by atomic mass is 10.1. The minimum absolute atomic E-state index is 0.258. The molecule has 0 spiro atoms. The number of ether oxygens (including phenoxy) is 1. The third kappa shape index (κ3) is 4.98. The molecule has 26 heavy (non-hydrogen) atoms. The monoisotopic (exact) mass is 376 g/mol. The first-order chi connectivity index (χ1) is 12.2. The average Bonchev–Trinajstić information content (AvgIpc) is 2.59. The summed E-state index contributed by atoms with van der Waals surface area (Å²) in [5.41, 5.74) is 2.19. The molecule has 0 saturated carbocycles. The van der Waals surface area contributed by atoms with Crippen LogP contribution in [0.15, 0.2) is 48.5 Å². The van der Waals surface area contributed by atoms with Gasteiger partial charge >= 0.3 is 0 Å². The number of methoxy groups -OCH3 is 1. The van der Waals surface area contributed by atoms with Gasteiger partial charge in [0.2, 0.25) is 15.9 Å². The van der Waals surface area contributed by atoms with E-state index in [9.17, 15) is 13.2 Å². The molecule has 6 nitrogen and oxygen atoms in total. The maximum atomic E-state index is 12.4. The van der Waals surface area contributed by atoms with Crippen LogP contribution in [0.2, 0.25) is 0 Å². The van der Waals surface area contributed by atoms with Gasteiger partial charge in [0.05, 0.1) is 25.1 Å². The van der Waals surface area contributed by atoms with Crippen LogP contribution in [-0.2, 0) is 14.8 Å². The lowest BCUT2D eigenvalue weighted by molar-refractivity contribution is -0.120. The van der Waals surface area contributed by atoms with Crippen molar-refractivity contribution >= 4 is 21.6 Å². The molecular formula is C19H24N2O4S. The Bertz CT molecular complexity index is 863. The lowest BCUT2D eigenvalue weighted by Gasteiger charge is -2.24. The number of sulfonamides is 1. The van der Waals surface area contributed by atoms with Crippen molar-refractivity contribution in [2.24, 2.45) is 0 Å². The van der Waals surface area contributed by atoms with E-state index < -0.39 is 10.0 Å². The zero-order valence-electron chi connectivity index (χ0n) is 15.4. The zero-order valence-corrected chi connectivity index (χ0v) is 16.2. The number of carbonyl (C=O) groups is 1. The molecule has 0 aliphatic heterocycles. The molecule has 0 bridgehead atoms. The molecule has 0 unspecified atom stereocenters. The smallest absolute Gasteiger partial charge is 0.241 e. The standard InChI is InChI=1S/C19H24N2O4S/c1-14-7-5-6-8-18(14)21(26(4,23)24)13-19(22)20-15(2)16-9-11-17(25-3)12-10-16/h5-12,15H,13H2,1-4H3,(H,20,22)/t15-/m1/s1. The van der Waals surface area contributed by atoms with E-state index in [0.717, 1.165) is 27.4 Å². The number of benzene rings is 2. The molecule has 0 aromatic heterocycles. The number of hydrogen-bond donors (Lipinski definition) is 1. The molecule has 2 rings (SSSR count). The number of amides is 1. The number of para-hydroxylation sites is 1. The van der Waals surface area contributed by atoms with Gasteiger partial charge in [-0.3, -0.25) is 9.10 Å². The number of rotatable bonds is 7. The van der Waals surface area contributed by atoms with E-state index >= 15 is 0 Å². The Kier molecular flexibility index (Phi) is 6.26. The fraction of sp³-hybridized carbons (Fsp3) is 0.316. The predicted molar refractivity (Wildman–Crippen MR) is 103 cm³/mol. The van der Waals surface area contributed by atoms with Crippen LogP contribution in [0.3, 0.4) is 0 Å². The van der Waals surface area contributed by atoms with Gasteiger partial charge in [-0.2, -0.15) is 0 Å². The van der Waals surface area contributed by atoms with Gasteiger partial charge in [0.1, 0.15) is 12.3 Å². The molecule has 0 aliphatic carbocycles. The SMILES string of the molecule is COc1ccc([C@@H](C)NC(=O)CN(c2ccccc2C)S(C)(=O)=O)cc1. The summed E-state index contributed by atoms with van der Waals surface area (Å²) in [5.74, 6) is 0.358. The molecule has 0 saturated heterocycles. The maximum absolute atomic E-state index is 12.4. The summed E-state index contributed by atoms with van der Waals surface area (Å²) < 4.78 is 30.6. The fourth-order valence-electron chi connectivity index (χ4n) is 2.62. The molecule has 0 fully saturated rings. The van der Waals surface area contributed by atoms with Crippen LogP contribution in [0.25, 0.3) is 0 Å². The van der Waals surface area contributed by atoms with Gasteiger partial charge in [-0.25, -0.2) is 8.42 Å². The van der Waals surface area contributed by atoms with Crippen LogP contribution < -0.4 is 14.4 Å². The molecule has 1 amide bonds. The number of nitrogens with zero attached hydrogens (tertiary/aromatic N) is 1. The predicted octanol–water partition coefficient (Wildman–Crippen LogP) is 2.65. The van der Waals surface area contributed by atoms with Crippen molar-refractivity contribution in [3.63, 3.8) is 0 Å². The molecular weight excluding hydrogens is 352 g/mol. The van der Waals surface area contributed by atoms with Crippen molar-refractivity contribution in [2.75, 3.05) is 24.2 Å². The van der Waals surface area contributed by atoms with Crippen LogP contribution in [-0.4, -0.2) is 34.2 Å². The van der Waals surface area contributed by atoms with E-state index in [-0.39, 0.29) is 18.5 Å². The summed E-state index contributed by atoms with van der Waals surface area (Å²) >= 11 is 0. The molecule has 0 radical (unpaired) electrons. The lowest BCUT2D eigenvalue weighted by Crippen LogP contribution is -2.41. The Morgan fingerprint density at radius 1 is 1.15 bits per heavy atom. The van der Waals surface area contributed by atoms with Gasteiger partial charge in [0.15, 0.2) is 0 Å². The second-order valence-electron chi connectivity index (χ2n) is 6.12. The molecule has 1 atom stereocenters. The minimum Gasteiger partial charge on any atom is -0.497 e. The first-order valence-corrected chi connectivity index (χ1v) is 10.0. The van der Waals surface area contributed by atoms with Crippen molar-refractivity contribution in [1.82, 2.24) is 5.32 Å². The molecule has 1 N–H and O–H groups in total. The number of nitrogens with one attached hydrogen (secondary N) is 1. The Balaban J connectivity index is 2.13. The molecule has 140 valence electrons. The van der Waals surface area contributed by atoms with Gasteiger partial charge in [-0.1, -0.05) is 30.3 Å². The Morgan fingerprint density at radius 3 is 2.31 bits per heavy atom. The number of hydrogen-bond acceptors (Lipinski definition) is 4. The topological polar surface area (TPSA) is 75.7 Å². The molecule has 0 aliphatic rings. The summed E-state index contributed by atoms with van der Waals surface area (Å²) in [6, 6.07) is 14.2. The summed E-state index contributed by atoms with van der Waals surface area (Å²) in [6.45, 7) is 3.38. The Morgan fingerprint density at radius 2 is 1.77 bits per heavy atom. The fourth-order valence-corrected chi connectivity index (χ4v) is 3.53. The van der Waals surface area contributed by atoms with E-state index in [1.54, 1.807) is 19.2 Å². The Hall–Kier alpha value is -2.54. The number of aryl methyl sites for hydroxylation is 1. The van der Waals surface area contributed by atoms with Gasteiger partial charge in [-0.15, -0.1) is 0 Å². The highest BCUT2D eigenvalue weighted by atomic mass is 32.2. The first kappa shape index (κ1) is 19.8. The number of carbonyl (C=O) groups excluding carboxylic acids is 1. The van der Waals surface area contributed by atoms with Crippen LogP contribution in [0.4, 0.5) is 5.69 Å². The minimum atomic E-state index is -3.59. The second-order valence-corrected chi connectivity index (χ2v) is 8.03. The van der Waals surface area contributed by atoms with Crippen molar-refractivity contribution in [3.8, 4) is 5.75 Å². The van der Waals surface area contributed by atoms with Crippen molar-refractivity contribution in [2.45, 2.75) is 19.9 Å². The van der Waals surface area contributed by atoms with Crippen molar-refractivity contribution in [3.05, 3.63) is 59.7 Å². The van der Waals surface area contributed by atoms with Gasteiger partial charge < -0.3 is 10.1 Å². The quantitative estimate of drug-likeness (QED) is 0.806. The number of anilines is 1.